The van der Waals surface area contributed by atoms with Crippen LogP contribution in [-0.2, 0) is 39.9 Å². The summed E-state index contributed by atoms with van der Waals surface area (Å²) in [6.07, 6.45) is -5.72. The number of alkyl halides is 2. The molecule has 1 saturated heterocycles. The van der Waals surface area contributed by atoms with Gasteiger partial charge in [-0.05, 0) is 32.6 Å². The lowest BCUT2D eigenvalue weighted by Gasteiger charge is -2.28. The molecule has 228 valence electrons. The summed E-state index contributed by atoms with van der Waals surface area (Å²) in [5.74, 6) is -1.87. The maximum absolute atomic E-state index is 15.3. The van der Waals surface area contributed by atoms with Crippen LogP contribution in [0, 0.1) is 11.2 Å². The van der Waals surface area contributed by atoms with Crippen molar-refractivity contribution in [3.63, 3.8) is 0 Å². The van der Waals surface area contributed by atoms with Gasteiger partial charge in [-0.1, -0.05) is 44.1 Å². The molecule has 0 radical (unpaired) electrons. The number of aromatic nitrogens is 2. The lowest BCUT2D eigenvalue weighted by atomic mass is 10.00. The highest BCUT2D eigenvalue weighted by Crippen LogP contribution is 2.48. The van der Waals surface area contributed by atoms with Gasteiger partial charge in [0, 0.05) is 11.2 Å². The summed E-state index contributed by atoms with van der Waals surface area (Å²) < 4.78 is 51.4. The minimum atomic E-state index is -3.58. The van der Waals surface area contributed by atoms with Crippen LogP contribution in [0.4, 0.5) is 8.78 Å². The number of esters is 1. The molecule has 6 atom stereocenters. The molecule has 6 unspecified atom stereocenters. The third-order valence-electron chi connectivity index (χ3n) is 5.21. The summed E-state index contributed by atoms with van der Waals surface area (Å²) in [4.78, 5) is 49.6. The maximum Gasteiger partial charge on any atom is 0.330 e. The van der Waals surface area contributed by atoms with Crippen molar-refractivity contribution in [3.05, 3.63) is 32.9 Å². The Hall–Kier alpha value is -1.23. The first-order chi connectivity index (χ1) is 18.3. The van der Waals surface area contributed by atoms with Gasteiger partial charge in [0.15, 0.2) is 11.3 Å². The molecular formula is C22H33ClF2N3O9PS2. The molecule has 1 aliphatic rings. The molecule has 2 heterocycles. The van der Waals surface area contributed by atoms with Crippen LogP contribution >= 0.6 is 30.0 Å². The second kappa shape index (κ2) is 13.8. The van der Waals surface area contributed by atoms with Crippen molar-refractivity contribution in [2.45, 2.75) is 77.3 Å². The number of nitrogens with one attached hydrogen (secondary N) is 2. The number of aromatic amines is 1. The Bertz CT molecular complexity index is 1240. The van der Waals surface area contributed by atoms with Gasteiger partial charge in [0.05, 0.1) is 25.5 Å². The van der Waals surface area contributed by atoms with Crippen LogP contribution in [0.1, 0.15) is 47.8 Å². The average molecular weight is 652 g/mol. The zero-order chi connectivity index (χ0) is 30.6. The third kappa shape index (κ3) is 9.13. The Morgan fingerprint density at radius 2 is 1.98 bits per heavy atom. The van der Waals surface area contributed by atoms with E-state index < -0.39 is 77.4 Å². The van der Waals surface area contributed by atoms with Crippen molar-refractivity contribution >= 4 is 52.9 Å². The SMILES string of the molecule is CC(C)OC(=O)C(C)NP(=S)(OCCSC(=O)C(C)(C)C)OCC1OC(n2cc(F)c(=O)[nH]c2=O)C(F)(Cl)C1O. The van der Waals surface area contributed by atoms with E-state index in [0.717, 1.165) is 11.8 Å². The number of ether oxygens (including phenoxy) is 2. The number of aliphatic hydroxyl groups is 1. The normalized spacial score (nSPS) is 25.5. The first-order valence-electron chi connectivity index (χ1n) is 12.1. The molecule has 1 fully saturated rings. The van der Waals surface area contributed by atoms with E-state index in [0.29, 0.717) is 10.8 Å². The number of aliphatic hydroxyl groups excluding tert-OH is 1. The van der Waals surface area contributed by atoms with E-state index in [1.807, 2.05) is 0 Å². The Morgan fingerprint density at radius 3 is 2.55 bits per heavy atom. The van der Waals surface area contributed by atoms with Crippen LogP contribution in [0.5, 0.6) is 0 Å². The highest BCUT2D eigenvalue weighted by atomic mass is 35.5. The molecule has 1 aliphatic heterocycles. The van der Waals surface area contributed by atoms with Crippen molar-refractivity contribution in [2.24, 2.45) is 5.41 Å². The summed E-state index contributed by atoms with van der Waals surface area (Å²) in [5, 5.41) is 10.0. The molecule has 0 bridgehead atoms. The molecule has 40 heavy (non-hydrogen) atoms. The standard InChI is InChI=1S/C22H33ClF2N3O9PS2/c1-11(2)36-17(31)12(3)27-38(39,34-7-8-40-19(32)21(4,5)6)35-10-14-15(29)22(23,25)18(37-14)28-9-13(24)16(30)26-20(28)33/h9,11-12,14-15,18,29H,7-8,10H2,1-6H3,(H,27,39)(H,26,30,33). The van der Waals surface area contributed by atoms with Crippen LogP contribution in [0.2, 0.25) is 0 Å². The Balaban J connectivity index is 2.19. The molecule has 18 heteroatoms. The van der Waals surface area contributed by atoms with Crippen molar-refractivity contribution < 1.29 is 42.0 Å². The van der Waals surface area contributed by atoms with Crippen molar-refractivity contribution in [1.29, 1.82) is 0 Å². The quantitative estimate of drug-likeness (QED) is 0.131. The number of H-pyrrole nitrogens is 1. The van der Waals surface area contributed by atoms with Gasteiger partial charge in [0.25, 0.3) is 17.3 Å². The molecule has 1 aromatic rings. The molecule has 3 N–H and O–H groups in total. The number of thioether (sulfide) groups is 1. The van der Waals surface area contributed by atoms with Gasteiger partial charge in [0.1, 0.15) is 18.2 Å². The molecule has 2 rings (SSSR count). The largest absolute Gasteiger partial charge is 0.462 e. The Kier molecular flexibility index (Phi) is 12.1. The van der Waals surface area contributed by atoms with Crippen LogP contribution in [0.15, 0.2) is 15.8 Å². The van der Waals surface area contributed by atoms with E-state index in [4.69, 9.17) is 41.9 Å². The van der Waals surface area contributed by atoms with Crippen molar-refractivity contribution in [1.82, 2.24) is 14.6 Å². The van der Waals surface area contributed by atoms with Gasteiger partial charge in [-0.2, -0.15) is 4.39 Å². The van der Waals surface area contributed by atoms with Gasteiger partial charge in [-0.3, -0.25) is 23.9 Å². The molecule has 0 amide bonds. The summed E-state index contributed by atoms with van der Waals surface area (Å²) in [6, 6.07) is -1.00. The first kappa shape index (κ1) is 35.0. The maximum atomic E-state index is 15.3. The molecule has 0 spiro atoms. The zero-order valence-corrected chi connectivity index (χ0v) is 25.9. The number of hydrogen-bond donors (Lipinski definition) is 3. The molecular weight excluding hydrogens is 619 g/mol. The Morgan fingerprint density at radius 1 is 1.35 bits per heavy atom. The fourth-order valence-electron chi connectivity index (χ4n) is 3.16. The highest BCUT2D eigenvalue weighted by molar-refractivity contribution is 8.13. The van der Waals surface area contributed by atoms with Crippen LogP contribution in [0.3, 0.4) is 0 Å². The zero-order valence-electron chi connectivity index (χ0n) is 22.6. The highest BCUT2D eigenvalue weighted by Gasteiger charge is 2.58. The van der Waals surface area contributed by atoms with Crippen LogP contribution < -0.4 is 16.3 Å². The van der Waals surface area contributed by atoms with Crippen molar-refractivity contribution in [2.75, 3.05) is 19.0 Å². The smallest absolute Gasteiger partial charge is 0.330 e. The minimum Gasteiger partial charge on any atom is -0.462 e. The number of carbonyl (C=O) groups is 2. The number of rotatable bonds is 12. The van der Waals surface area contributed by atoms with E-state index in [-0.39, 0.29) is 17.5 Å². The number of halogens is 3. The third-order valence-corrected chi connectivity index (χ3v) is 9.53. The minimum absolute atomic E-state index is 0.0754. The van der Waals surface area contributed by atoms with Gasteiger partial charge >= 0.3 is 11.7 Å². The molecule has 0 aliphatic carbocycles. The van der Waals surface area contributed by atoms with E-state index in [1.165, 1.54) is 6.92 Å². The summed E-state index contributed by atoms with van der Waals surface area (Å²) >= 11 is 12.4. The molecule has 1 aromatic heterocycles. The Labute approximate surface area is 243 Å². The summed E-state index contributed by atoms with van der Waals surface area (Å²) in [7, 11) is 0. The summed E-state index contributed by atoms with van der Waals surface area (Å²) in [5.41, 5.74) is -3.16. The van der Waals surface area contributed by atoms with E-state index in [9.17, 15) is 28.7 Å². The van der Waals surface area contributed by atoms with Gasteiger partial charge in [0.2, 0.25) is 5.82 Å². The average Bonchev–Trinajstić information content (AvgIpc) is 3.05. The van der Waals surface area contributed by atoms with Gasteiger partial charge in [-0.25, -0.2) is 14.3 Å². The number of hydrogen-bond acceptors (Lipinski definition) is 11. The van der Waals surface area contributed by atoms with E-state index in [1.54, 1.807) is 39.6 Å². The molecule has 0 saturated carbocycles. The van der Waals surface area contributed by atoms with Gasteiger partial charge < -0.3 is 23.6 Å². The topological polar surface area (TPSA) is 158 Å². The monoisotopic (exact) mass is 651 g/mol. The predicted octanol–water partition coefficient (Wildman–Crippen LogP) is 2.33. The lowest BCUT2D eigenvalue weighted by Crippen LogP contribution is -2.42. The van der Waals surface area contributed by atoms with Crippen LogP contribution in [0.25, 0.3) is 0 Å². The van der Waals surface area contributed by atoms with E-state index >= 15 is 4.39 Å². The number of carbonyl (C=O) groups excluding carboxylic acids is 2. The first-order valence-corrected chi connectivity index (χ1v) is 16.1. The number of nitrogens with zero attached hydrogens (tertiary/aromatic N) is 1. The summed E-state index contributed by atoms with van der Waals surface area (Å²) in [6.45, 7) is 5.75. The molecule has 12 nitrogen and oxygen atoms in total. The van der Waals surface area contributed by atoms with E-state index in [2.05, 4.69) is 5.09 Å². The second-order valence-electron chi connectivity index (χ2n) is 10.1. The fraction of sp³-hybridized carbons (Fsp3) is 0.727. The van der Waals surface area contributed by atoms with Crippen LogP contribution in [-0.4, -0.2) is 74.2 Å². The lowest BCUT2D eigenvalue weighted by molar-refractivity contribution is -0.149. The second-order valence-corrected chi connectivity index (χ2v) is 15.0. The van der Waals surface area contributed by atoms with Crippen molar-refractivity contribution in [3.8, 4) is 0 Å². The fourth-order valence-corrected chi connectivity index (χ4v) is 6.72. The predicted molar refractivity (Wildman–Crippen MR) is 148 cm³/mol. The van der Waals surface area contributed by atoms with Gasteiger partial charge in [-0.15, -0.1) is 0 Å². The molecule has 0 aromatic carbocycles.